The summed E-state index contributed by atoms with van der Waals surface area (Å²) in [5.41, 5.74) is 2.19. The number of nitrogens with zero attached hydrogens (tertiary/aromatic N) is 3. The zero-order chi connectivity index (χ0) is 15.6. The molecule has 4 rings (SSSR count). The molecule has 1 saturated carbocycles. The summed E-state index contributed by atoms with van der Waals surface area (Å²) in [6.07, 6.45) is 7.71. The molecular weight excluding hydrogens is 312 g/mol. The number of benzene rings is 1. The molecule has 1 aromatic carbocycles. The summed E-state index contributed by atoms with van der Waals surface area (Å²) in [4.78, 5) is 8.62. The Hall–Kier alpha value is -2.14. The molecule has 2 heterocycles. The highest BCUT2D eigenvalue weighted by atomic mass is 35.5. The van der Waals surface area contributed by atoms with Crippen LogP contribution in [0.1, 0.15) is 32.1 Å². The first-order chi connectivity index (χ1) is 11.3. The Morgan fingerprint density at radius 2 is 1.83 bits per heavy atom. The van der Waals surface area contributed by atoms with E-state index >= 15 is 0 Å². The van der Waals surface area contributed by atoms with Gasteiger partial charge in [-0.05, 0) is 25.0 Å². The Morgan fingerprint density at radius 1 is 1.04 bits per heavy atom. The van der Waals surface area contributed by atoms with Gasteiger partial charge in [0.1, 0.15) is 23.2 Å². The maximum Gasteiger partial charge on any atom is 0.263 e. The van der Waals surface area contributed by atoms with Crippen LogP contribution < -0.4 is 5.32 Å². The van der Waals surface area contributed by atoms with Gasteiger partial charge in [0.2, 0.25) is 0 Å². The number of nitrogens with one attached hydrogen (secondary N) is 1. The summed E-state index contributed by atoms with van der Waals surface area (Å²) in [6.45, 7) is 0. The molecule has 0 spiro atoms. The zero-order valence-electron chi connectivity index (χ0n) is 12.6. The quantitative estimate of drug-likeness (QED) is 0.756. The minimum atomic E-state index is 0.454. The van der Waals surface area contributed by atoms with E-state index in [1.54, 1.807) is 0 Å². The number of rotatable bonds is 3. The second kappa shape index (κ2) is 6.16. The molecule has 0 bridgehead atoms. The highest BCUT2D eigenvalue weighted by Crippen LogP contribution is 2.33. The van der Waals surface area contributed by atoms with Crippen LogP contribution in [-0.4, -0.2) is 21.2 Å². The predicted octanol–water partition coefficient (Wildman–Crippen LogP) is 4.68. The van der Waals surface area contributed by atoms with Crippen molar-refractivity contribution in [3.63, 3.8) is 0 Å². The van der Waals surface area contributed by atoms with Crippen LogP contribution in [-0.2, 0) is 0 Å². The molecule has 0 unspecified atom stereocenters. The van der Waals surface area contributed by atoms with Gasteiger partial charge in [0, 0.05) is 16.6 Å². The lowest BCUT2D eigenvalue weighted by molar-refractivity contribution is 0.451. The van der Waals surface area contributed by atoms with E-state index in [2.05, 4.69) is 20.4 Å². The monoisotopic (exact) mass is 328 g/mol. The molecular formula is C17H17ClN4O. The number of halogens is 1. The van der Waals surface area contributed by atoms with Gasteiger partial charge in [0.05, 0.1) is 0 Å². The number of anilines is 1. The lowest BCUT2D eigenvalue weighted by Crippen LogP contribution is -2.23. The van der Waals surface area contributed by atoms with Gasteiger partial charge in [-0.15, -0.1) is 0 Å². The zero-order valence-corrected chi connectivity index (χ0v) is 13.4. The number of aromatic nitrogens is 3. The molecule has 1 aliphatic carbocycles. The molecule has 2 aromatic heterocycles. The minimum Gasteiger partial charge on any atom is -0.367 e. The van der Waals surface area contributed by atoms with E-state index in [1.165, 1.54) is 38.4 Å². The third-order valence-electron chi connectivity index (χ3n) is 4.34. The fourth-order valence-electron chi connectivity index (χ4n) is 3.14. The Balaban J connectivity index is 1.75. The van der Waals surface area contributed by atoms with Crippen molar-refractivity contribution in [2.24, 2.45) is 0 Å². The van der Waals surface area contributed by atoms with Crippen molar-refractivity contribution in [2.75, 3.05) is 5.32 Å². The standard InChI is InChI=1S/C17H17ClN4O/c18-12-8-6-11(7-9-12)15-14-16(19-10-20-17(14)23-22-15)21-13-4-2-1-3-5-13/h6-10,13H,1-5H2,(H,19,20,21). The topological polar surface area (TPSA) is 63.8 Å². The van der Waals surface area contributed by atoms with Crippen LogP contribution in [0.25, 0.3) is 22.4 Å². The minimum absolute atomic E-state index is 0.454. The molecule has 118 valence electrons. The van der Waals surface area contributed by atoms with E-state index in [1.807, 2.05) is 24.3 Å². The highest BCUT2D eigenvalue weighted by molar-refractivity contribution is 6.30. The number of hydrogen-bond donors (Lipinski definition) is 1. The second-order valence-electron chi connectivity index (χ2n) is 5.92. The van der Waals surface area contributed by atoms with Crippen LogP contribution in [0.5, 0.6) is 0 Å². The Kier molecular flexibility index (Phi) is 3.87. The van der Waals surface area contributed by atoms with Crippen LogP contribution in [0.15, 0.2) is 35.1 Å². The lowest BCUT2D eigenvalue weighted by atomic mass is 9.95. The van der Waals surface area contributed by atoms with Crippen LogP contribution in [0.3, 0.4) is 0 Å². The van der Waals surface area contributed by atoms with E-state index < -0.39 is 0 Å². The molecule has 3 aromatic rings. The fourth-order valence-corrected chi connectivity index (χ4v) is 3.27. The van der Waals surface area contributed by atoms with E-state index in [9.17, 15) is 0 Å². The number of fused-ring (bicyclic) bond motifs is 1. The SMILES string of the molecule is Clc1ccc(-c2noc3ncnc(NC4CCCCC4)c23)cc1. The van der Waals surface area contributed by atoms with Gasteiger partial charge >= 0.3 is 0 Å². The van der Waals surface area contributed by atoms with Crippen molar-refractivity contribution in [1.29, 1.82) is 0 Å². The summed E-state index contributed by atoms with van der Waals surface area (Å²) < 4.78 is 5.39. The Bertz CT molecular complexity index is 809. The second-order valence-corrected chi connectivity index (χ2v) is 6.36. The first-order valence-electron chi connectivity index (χ1n) is 7.94. The van der Waals surface area contributed by atoms with E-state index in [0.29, 0.717) is 16.8 Å². The summed E-state index contributed by atoms with van der Waals surface area (Å²) in [5.74, 6) is 0.799. The van der Waals surface area contributed by atoms with Gasteiger partial charge in [-0.25, -0.2) is 4.98 Å². The maximum absolute atomic E-state index is 5.97. The number of hydrogen-bond acceptors (Lipinski definition) is 5. The largest absolute Gasteiger partial charge is 0.367 e. The van der Waals surface area contributed by atoms with Gasteiger partial charge < -0.3 is 9.84 Å². The van der Waals surface area contributed by atoms with Crippen LogP contribution in [0.2, 0.25) is 5.02 Å². The van der Waals surface area contributed by atoms with Crippen molar-refractivity contribution in [3.05, 3.63) is 35.6 Å². The van der Waals surface area contributed by atoms with Gasteiger partial charge in [-0.3, -0.25) is 0 Å². The Labute approximate surface area is 139 Å². The van der Waals surface area contributed by atoms with Gasteiger partial charge in [-0.1, -0.05) is 48.2 Å². The third kappa shape index (κ3) is 2.88. The molecule has 0 radical (unpaired) electrons. The molecule has 5 nitrogen and oxygen atoms in total. The van der Waals surface area contributed by atoms with Crippen molar-refractivity contribution in [3.8, 4) is 11.3 Å². The summed E-state index contributed by atoms with van der Waals surface area (Å²) in [6, 6.07) is 7.99. The molecule has 23 heavy (non-hydrogen) atoms. The van der Waals surface area contributed by atoms with Crippen molar-refractivity contribution >= 4 is 28.5 Å². The molecule has 1 aliphatic rings. The van der Waals surface area contributed by atoms with Crippen LogP contribution in [0, 0.1) is 0 Å². The predicted molar refractivity (Wildman–Crippen MR) is 90.5 cm³/mol. The molecule has 0 atom stereocenters. The van der Waals surface area contributed by atoms with E-state index in [4.69, 9.17) is 16.1 Å². The molecule has 0 amide bonds. The maximum atomic E-state index is 5.97. The first-order valence-corrected chi connectivity index (χ1v) is 8.32. The molecule has 1 N–H and O–H groups in total. The molecule has 1 fully saturated rings. The molecule has 6 heteroatoms. The first kappa shape index (κ1) is 14.5. The fraction of sp³-hybridized carbons (Fsp3) is 0.353. The lowest BCUT2D eigenvalue weighted by Gasteiger charge is -2.23. The van der Waals surface area contributed by atoms with Gasteiger partial charge in [0.15, 0.2) is 0 Å². The normalized spacial score (nSPS) is 15.9. The average molecular weight is 329 g/mol. The summed E-state index contributed by atoms with van der Waals surface area (Å²) in [7, 11) is 0. The van der Waals surface area contributed by atoms with Crippen LogP contribution in [0.4, 0.5) is 5.82 Å². The average Bonchev–Trinajstić information content (AvgIpc) is 3.02. The molecule has 0 aliphatic heterocycles. The van der Waals surface area contributed by atoms with Crippen molar-refractivity contribution in [1.82, 2.24) is 15.1 Å². The van der Waals surface area contributed by atoms with E-state index in [0.717, 1.165) is 22.5 Å². The smallest absolute Gasteiger partial charge is 0.263 e. The highest BCUT2D eigenvalue weighted by Gasteiger charge is 2.20. The Morgan fingerprint density at radius 3 is 2.61 bits per heavy atom. The molecule has 0 saturated heterocycles. The van der Waals surface area contributed by atoms with Crippen molar-refractivity contribution < 1.29 is 4.52 Å². The summed E-state index contributed by atoms with van der Waals surface area (Å²) >= 11 is 5.97. The third-order valence-corrected chi connectivity index (χ3v) is 4.59. The van der Waals surface area contributed by atoms with Crippen molar-refractivity contribution in [2.45, 2.75) is 38.1 Å². The van der Waals surface area contributed by atoms with E-state index in [-0.39, 0.29) is 0 Å². The summed E-state index contributed by atoms with van der Waals surface area (Å²) in [5, 5.41) is 9.27. The van der Waals surface area contributed by atoms with Gasteiger partial charge in [-0.2, -0.15) is 4.98 Å². The van der Waals surface area contributed by atoms with Crippen LogP contribution >= 0.6 is 11.6 Å². The van der Waals surface area contributed by atoms with Gasteiger partial charge in [0.25, 0.3) is 5.71 Å².